The molecule has 3 aromatic rings. The highest BCUT2D eigenvalue weighted by molar-refractivity contribution is 6.31. The van der Waals surface area contributed by atoms with Crippen LogP contribution in [0.5, 0.6) is 17.2 Å². The van der Waals surface area contributed by atoms with E-state index >= 15 is 0 Å². The van der Waals surface area contributed by atoms with Crippen molar-refractivity contribution in [3.05, 3.63) is 82.4 Å². The van der Waals surface area contributed by atoms with E-state index in [-0.39, 0.29) is 17.7 Å². The van der Waals surface area contributed by atoms with E-state index in [1.807, 2.05) is 0 Å². The van der Waals surface area contributed by atoms with Crippen LogP contribution in [0.4, 0.5) is 5.69 Å². The summed E-state index contributed by atoms with van der Waals surface area (Å²) in [6.07, 6.45) is -0.0864. The highest BCUT2D eigenvalue weighted by atomic mass is 35.5. The standard InChI is InChI=1S/C24H22ClNO5/c1-15-7-4-10-18(24(28)26-17-9-5-8-16(25)13-17)23(15)31-22(27)14-19-20(29-2)11-6-12-21(19)30-3/h4-13H,14H2,1-3H3,(H,26,28). The lowest BCUT2D eigenvalue weighted by Gasteiger charge is -2.15. The second kappa shape index (κ2) is 10.00. The number of carbonyl (C=O) groups is 2. The van der Waals surface area contributed by atoms with Crippen molar-refractivity contribution in [1.82, 2.24) is 0 Å². The van der Waals surface area contributed by atoms with Crippen molar-refractivity contribution < 1.29 is 23.8 Å². The number of rotatable bonds is 7. The summed E-state index contributed by atoms with van der Waals surface area (Å²) in [4.78, 5) is 25.6. The topological polar surface area (TPSA) is 73.9 Å². The van der Waals surface area contributed by atoms with Gasteiger partial charge >= 0.3 is 5.97 Å². The number of carbonyl (C=O) groups excluding carboxylic acids is 2. The Hall–Kier alpha value is -3.51. The smallest absolute Gasteiger partial charge is 0.315 e. The number of ether oxygens (including phenoxy) is 3. The van der Waals surface area contributed by atoms with Crippen molar-refractivity contribution in [2.24, 2.45) is 0 Å². The van der Waals surface area contributed by atoms with Crippen LogP contribution in [0.25, 0.3) is 0 Å². The van der Waals surface area contributed by atoms with Crippen molar-refractivity contribution in [3.63, 3.8) is 0 Å². The van der Waals surface area contributed by atoms with E-state index in [2.05, 4.69) is 5.32 Å². The van der Waals surface area contributed by atoms with E-state index in [4.69, 9.17) is 25.8 Å². The third kappa shape index (κ3) is 5.35. The molecule has 0 aromatic heterocycles. The molecule has 0 saturated heterocycles. The Labute approximate surface area is 185 Å². The minimum atomic E-state index is -0.547. The quantitative estimate of drug-likeness (QED) is 0.411. The van der Waals surface area contributed by atoms with Crippen LogP contribution in [-0.2, 0) is 11.2 Å². The fourth-order valence-corrected chi connectivity index (χ4v) is 3.32. The molecule has 0 aliphatic carbocycles. The highest BCUT2D eigenvalue weighted by Crippen LogP contribution is 2.30. The first-order valence-electron chi connectivity index (χ1n) is 9.50. The number of para-hydroxylation sites is 1. The minimum Gasteiger partial charge on any atom is -0.496 e. The molecule has 1 N–H and O–H groups in total. The van der Waals surface area contributed by atoms with Crippen LogP contribution in [0.3, 0.4) is 0 Å². The van der Waals surface area contributed by atoms with Crippen LogP contribution >= 0.6 is 11.6 Å². The molecular weight excluding hydrogens is 418 g/mol. The van der Waals surface area contributed by atoms with Crippen LogP contribution in [0.15, 0.2) is 60.7 Å². The first-order valence-corrected chi connectivity index (χ1v) is 9.87. The molecule has 160 valence electrons. The number of hydrogen-bond donors (Lipinski definition) is 1. The molecule has 0 bridgehead atoms. The number of esters is 1. The monoisotopic (exact) mass is 439 g/mol. The Morgan fingerprint density at radius 2 is 1.58 bits per heavy atom. The van der Waals surface area contributed by atoms with Crippen LogP contribution in [-0.4, -0.2) is 26.1 Å². The van der Waals surface area contributed by atoms with E-state index in [1.54, 1.807) is 67.6 Å². The lowest BCUT2D eigenvalue weighted by molar-refractivity contribution is -0.133. The van der Waals surface area contributed by atoms with Gasteiger partial charge in [0.05, 0.1) is 26.2 Å². The molecular formula is C24H22ClNO5. The SMILES string of the molecule is COc1cccc(OC)c1CC(=O)Oc1c(C)cccc1C(=O)Nc1cccc(Cl)c1. The maximum absolute atomic E-state index is 12.9. The third-order valence-electron chi connectivity index (χ3n) is 4.61. The summed E-state index contributed by atoms with van der Waals surface area (Å²) in [6.45, 7) is 1.77. The number of nitrogens with one attached hydrogen (secondary N) is 1. The molecule has 0 atom stereocenters. The van der Waals surface area contributed by atoms with Gasteiger partial charge in [-0.15, -0.1) is 0 Å². The van der Waals surface area contributed by atoms with E-state index in [1.165, 1.54) is 14.2 Å². The Morgan fingerprint density at radius 3 is 2.23 bits per heavy atom. The zero-order chi connectivity index (χ0) is 22.4. The summed E-state index contributed by atoms with van der Waals surface area (Å²) in [5.41, 5.74) is 1.99. The van der Waals surface area contributed by atoms with Crippen molar-refractivity contribution in [2.45, 2.75) is 13.3 Å². The molecule has 6 nitrogen and oxygen atoms in total. The van der Waals surface area contributed by atoms with Crippen LogP contribution in [0.2, 0.25) is 5.02 Å². The van der Waals surface area contributed by atoms with Gasteiger partial charge in [-0.25, -0.2) is 0 Å². The maximum atomic E-state index is 12.9. The van der Waals surface area contributed by atoms with E-state index in [0.29, 0.717) is 33.3 Å². The van der Waals surface area contributed by atoms with Crippen LogP contribution in [0.1, 0.15) is 21.5 Å². The first kappa shape index (κ1) is 22.2. The zero-order valence-electron chi connectivity index (χ0n) is 17.4. The van der Waals surface area contributed by atoms with Gasteiger partial charge in [0.2, 0.25) is 0 Å². The molecule has 0 spiro atoms. The van der Waals surface area contributed by atoms with Gasteiger partial charge in [-0.1, -0.05) is 35.9 Å². The van der Waals surface area contributed by atoms with Gasteiger partial charge in [0, 0.05) is 16.3 Å². The molecule has 0 radical (unpaired) electrons. The van der Waals surface area contributed by atoms with E-state index < -0.39 is 11.9 Å². The lowest BCUT2D eigenvalue weighted by Crippen LogP contribution is -2.18. The molecule has 3 rings (SSSR count). The van der Waals surface area contributed by atoms with Crippen LogP contribution in [0, 0.1) is 6.92 Å². The minimum absolute atomic E-state index is 0.0864. The van der Waals surface area contributed by atoms with Crippen molar-refractivity contribution in [3.8, 4) is 17.2 Å². The Kier molecular flexibility index (Phi) is 7.15. The zero-order valence-corrected chi connectivity index (χ0v) is 18.2. The number of amides is 1. The summed E-state index contributed by atoms with van der Waals surface area (Å²) in [7, 11) is 3.03. The predicted molar refractivity (Wildman–Crippen MR) is 119 cm³/mol. The average molecular weight is 440 g/mol. The van der Waals surface area contributed by atoms with Crippen LogP contribution < -0.4 is 19.5 Å². The number of methoxy groups -OCH3 is 2. The second-order valence-electron chi connectivity index (χ2n) is 6.71. The van der Waals surface area contributed by atoms with Crippen molar-refractivity contribution in [1.29, 1.82) is 0 Å². The fraction of sp³-hybridized carbons (Fsp3) is 0.167. The highest BCUT2D eigenvalue weighted by Gasteiger charge is 2.20. The molecule has 3 aromatic carbocycles. The van der Waals surface area contributed by atoms with Gasteiger partial charge in [-0.2, -0.15) is 0 Å². The van der Waals surface area contributed by atoms with Crippen molar-refractivity contribution >= 4 is 29.2 Å². The van der Waals surface area contributed by atoms with Gasteiger partial charge in [0.15, 0.2) is 0 Å². The normalized spacial score (nSPS) is 10.3. The fourth-order valence-electron chi connectivity index (χ4n) is 3.13. The van der Waals surface area contributed by atoms with Crippen molar-refractivity contribution in [2.75, 3.05) is 19.5 Å². The summed E-state index contributed by atoms with van der Waals surface area (Å²) >= 11 is 5.98. The number of benzene rings is 3. The van der Waals surface area contributed by atoms with E-state index in [9.17, 15) is 9.59 Å². The maximum Gasteiger partial charge on any atom is 0.315 e. The number of anilines is 1. The molecule has 0 aliphatic rings. The van der Waals surface area contributed by atoms with E-state index in [0.717, 1.165) is 0 Å². The Morgan fingerprint density at radius 1 is 0.935 bits per heavy atom. The number of hydrogen-bond acceptors (Lipinski definition) is 5. The number of aryl methyl sites for hydroxylation is 1. The second-order valence-corrected chi connectivity index (χ2v) is 7.14. The lowest BCUT2D eigenvalue weighted by atomic mass is 10.1. The summed E-state index contributed by atoms with van der Waals surface area (Å²) in [5.74, 6) is 0.262. The molecule has 0 unspecified atom stereocenters. The van der Waals surface area contributed by atoms with Gasteiger partial charge in [0.1, 0.15) is 17.2 Å². The molecule has 1 amide bonds. The molecule has 0 heterocycles. The Bertz CT molecular complexity index is 1090. The molecule has 31 heavy (non-hydrogen) atoms. The molecule has 0 fully saturated rings. The van der Waals surface area contributed by atoms with Gasteiger partial charge < -0.3 is 19.5 Å². The average Bonchev–Trinajstić information content (AvgIpc) is 2.75. The van der Waals surface area contributed by atoms with Gasteiger partial charge in [0.25, 0.3) is 5.91 Å². The Balaban J connectivity index is 1.84. The first-order chi connectivity index (χ1) is 14.9. The van der Waals surface area contributed by atoms with Gasteiger partial charge in [-0.3, -0.25) is 9.59 Å². The summed E-state index contributed by atoms with van der Waals surface area (Å²) in [6, 6.07) is 17.1. The number of halogens is 1. The largest absolute Gasteiger partial charge is 0.496 e. The molecule has 7 heteroatoms. The van der Waals surface area contributed by atoms with Gasteiger partial charge in [-0.05, 0) is 48.9 Å². The summed E-state index contributed by atoms with van der Waals surface area (Å²) < 4.78 is 16.3. The molecule has 0 aliphatic heterocycles. The summed E-state index contributed by atoms with van der Waals surface area (Å²) in [5, 5.41) is 3.27. The predicted octanol–water partition coefficient (Wildman–Crippen LogP) is 5.07. The molecule has 0 saturated carbocycles. The third-order valence-corrected chi connectivity index (χ3v) is 4.84.